The zero-order chi connectivity index (χ0) is 20.0. The second-order valence-electron chi connectivity index (χ2n) is 6.13. The number of aromatic nitrogens is 1. The van der Waals surface area contributed by atoms with Crippen LogP contribution in [0.5, 0.6) is 0 Å². The Morgan fingerprint density at radius 1 is 1.00 bits per heavy atom. The predicted octanol–water partition coefficient (Wildman–Crippen LogP) is 2.57. The highest BCUT2D eigenvalue weighted by Crippen LogP contribution is 2.15. The molecule has 0 saturated carbocycles. The Morgan fingerprint density at radius 2 is 1.71 bits per heavy atom. The van der Waals surface area contributed by atoms with Gasteiger partial charge in [0.05, 0.1) is 17.3 Å². The van der Waals surface area contributed by atoms with Crippen LogP contribution in [0.15, 0.2) is 78.0 Å². The molecule has 0 atom stereocenters. The van der Waals surface area contributed by atoms with Crippen molar-refractivity contribution in [2.75, 3.05) is 17.7 Å². The Labute approximate surface area is 163 Å². The fourth-order valence-electron chi connectivity index (χ4n) is 2.66. The van der Waals surface area contributed by atoms with Crippen LogP contribution < -0.4 is 10.6 Å². The number of hydrogen-bond acceptors (Lipinski definition) is 4. The quantitative estimate of drug-likeness (QED) is 0.568. The third kappa shape index (κ3) is 4.99. The van der Waals surface area contributed by atoms with Crippen LogP contribution in [0.2, 0.25) is 0 Å². The molecule has 0 aliphatic carbocycles. The maximum Gasteiger partial charge on any atom is 0.319 e. The Kier molecular flexibility index (Phi) is 6.13. The third-order valence-corrected chi connectivity index (χ3v) is 5.81. The van der Waals surface area contributed by atoms with Crippen molar-refractivity contribution in [1.29, 1.82) is 0 Å². The number of sulfone groups is 1. The van der Waals surface area contributed by atoms with Crippen molar-refractivity contribution in [1.82, 2.24) is 9.88 Å². The van der Waals surface area contributed by atoms with E-state index in [-0.39, 0.29) is 23.2 Å². The molecule has 2 aromatic carbocycles. The van der Waals surface area contributed by atoms with Gasteiger partial charge in [-0.05, 0) is 48.0 Å². The zero-order valence-corrected chi connectivity index (χ0v) is 15.9. The number of rotatable bonds is 7. The summed E-state index contributed by atoms with van der Waals surface area (Å²) in [6.45, 7) is -0.166. The standard InChI is InChI=1S/C20H21N3O4S/c24-12-13-28(26,27)19-8-6-16(7-9-19)15-21-20(25)22-17-4-3-5-18(14-17)23-10-1-2-11-23/h1-11,14,24H,12-13,15H2,(H2,21,22,25). The van der Waals surface area contributed by atoms with Gasteiger partial charge in [-0.15, -0.1) is 0 Å². The molecule has 0 aliphatic heterocycles. The van der Waals surface area contributed by atoms with E-state index in [4.69, 9.17) is 5.11 Å². The molecule has 0 radical (unpaired) electrons. The zero-order valence-electron chi connectivity index (χ0n) is 15.1. The molecule has 3 N–H and O–H groups in total. The van der Waals surface area contributed by atoms with Crippen LogP contribution in [0.4, 0.5) is 10.5 Å². The Balaban J connectivity index is 1.57. The second kappa shape index (κ2) is 8.73. The lowest BCUT2D eigenvalue weighted by atomic mass is 10.2. The number of anilines is 1. The van der Waals surface area contributed by atoms with Crippen molar-refractivity contribution in [2.45, 2.75) is 11.4 Å². The van der Waals surface area contributed by atoms with Gasteiger partial charge in [0.1, 0.15) is 0 Å². The molecule has 7 nitrogen and oxygen atoms in total. The van der Waals surface area contributed by atoms with Gasteiger partial charge >= 0.3 is 6.03 Å². The number of aliphatic hydroxyl groups excluding tert-OH is 1. The number of amides is 2. The molecule has 1 aromatic heterocycles. The average molecular weight is 399 g/mol. The number of hydrogen-bond donors (Lipinski definition) is 3. The van der Waals surface area contributed by atoms with Gasteiger partial charge in [0, 0.05) is 30.3 Å². The van der Waals surface area contributed by atoms with Crippen LogP contribution in [0.25, 0.3) is 5.69 Å². The highest BCUT2D eigenvalue weighted by atomic mass is 32.2. The number of benzene rings is 2. The molecule has 146 valence electrons. The fraction of sp³-hybridized carbons (Fsp3) is 0.150. The minimum Gasteiger partial charge on any atom is -0.395 e. The summed E-state index contributed by atoms with van der Waals surface area (Å²) in [7, 11) is -3.47. The van der Waals surface area contributed by atoms with E-state index in [0.717, 1.165) is 11.3 Å². The summed E-state index contributed by atoms with van der Waals surface area (Å²) in [5.41, 5.74) is 2.36. The first-order valence-corrected chi connectivity index (χ1v) is 10.3. The molecule has 0 bridgehead atoms. The summed E-state index contributed by atoms with van der Waals surface area (Å²) in [5.74, 6) is -0.310. The van der Waals surface area contributed by atoms with Crippen molar-refractivity contribution in [3.05, 3.63) is 78.6 Å². The number of carbonyl (C=O) groups excluding carboxylic acids is 1. The molecular formula is C20H21N3O4S. The average Bonchev–Trinajstić information content (AvgIpc) is 3.22. The molecule has 0 spiro atoms. The van der Waals surface area contributed by atoms with Crippen molar-refractivity contribution in [3.8, 4) is 5.69 Å². The van der Waals surface area contributed by atoms with Gasteiger partial charge in [0.25, 0.3) is 0 Å². The molecule has 0 aliphatic rings. The molecule has 3 aromatic rings. The van der Waals surface area contributed by atoms with Gasteiger partial charge in [-0.2, -0.15) is 0 Å². The number of nitrogens with one attached hydrogen (secondary N) is 2. The van der Waals surface area contributed by atoms with E-state index < -0.39 is 16.4 Å². The Morgan fingerprint density at radius 3 is 2.39 bits per heavy atom. The van der Waals surface area contributed by atoms with Crippen LogP contribution >= 0.6 is 0 Å². The van der Waals surface area contributed by atoms with Gasteiger partial charge < -0.3 is 20.3 Å². The van der Waals surface area contributed by atoms with Crippen molar-refractivity contribution in [3.63, 3.8) is 0 Å². The van der Waals surface area contributed by atoms with E-state index in [1.165, 1.54) is 12.1 Å². The number of carbonyl (C=O) groups is 1. The topological polar surface area (TPSA) is 100 Å². The first kappa shape index (κ1) is 19.7. The molecule has 2 amide bonds. The molecule has 3 rings (SSSR count). The van der Waals surface area contributed by atoms with E-state index in [2.05, 4.69) is 10.6 Å². The van der Waals surface area contributed by atoms with E-state index in [1.54, 1.807) is 18.2 Å². The lowest BCUT2D eigenvalue weighted by Gasteiger charge is -2.10. The Bertz CT molecular complexity index is 1030. The summed E-state index contributed by atoms with van der Waals surface area (Å²) in [5, 5.41) is 14.3. The maximum atomic E-state index is 12.1. The number of urea groups is 1. The third-order valence-electron chi connectivity index (χ3n) is 4.10. The maximum absolute atomic E-state index is 12.1. The summed E-state index contributed by atoms with van der Waals surface area (Å²) < 4.78 is 25.7. The summed E-state index contributed by atoms with van der Waals surface area (Å²) in [4.78, 5) is 12.3. The van der Waals surface area contributed by atoms with Crippen LogP contribution in [-0.2, 0) is 16.4 Å². The highest BCUT2D eigenvalue weighted by Gasteiger charge is 2.13. The smallest absolute Gasteiger partial charge is 0.319 e. The molecule has 8 heteroatoms. The minimum absolute atomic E-state index is 0.150. The SMILES string of the molecule is O=C(NCc1ccc(S(=O)(=O)CCO)cc1)Nc1cccc(-n2cccc2)c1. The molecule has 0 fully saturated rings. The summed E-state index contributed by atoms with van der Waals surface area (Å²) in [6, 6.07) is 17.2. The van der Waals surface area contributed by atoms with Crippen molar-refractivity contribution >= 4 is 21.6 Å². The van der Waals surface area contributed by atoms with E-state index >= 15 is 0 Å². The predicted molar refractivity (Wildman–Crippen MR) is 107 cm³/mol. The lowest BCUT2D eigenvalue weighted by Crippen LogP contribution is -2.28. The van der Waals surface area contributed by atoms with Crippen molar-refractivity contribution < 1.29 is 18.3 Å². The van der Waals surface area contributed by atoms with Gasteiger partial charge in [-0.25, -0.2) is 13.2 Å². The van der Waals surface area contributed by atoms with Gasteiger partial charge in [0.2, 0.25) is 0 Å². The first-order valence-electron chi connectivity index (χ1n) is 8.69. The fourth-order valence-corrected chi connectivity index (χ4v) is 3.69. The normalized spacial score (nSPS) is 11.2. The molecule has 1 heterocycles. The molecular weight excluding hydrogens is 378 g/mol. The van der Waals surface area contributed by atoms with Crippen LogP contribution in [-0.4, -0.2) is 36.5 Å². The van der Waals surface area contributed by atoms with Crippen LogP contribution in [0.3, 0.4) is 0 Å². The second-order valence-corrected chi connectivity index (χ2v) is 8.24. The number of aliphatic hydroxyl groups is 1. The van der Waals surface area contributed by atoms with Gasteiger partial charge in [-0.3, -0.25) is 0 Å². The number of nitrogens with zero attached hydrogens (tertiary/aromatic N) is 1. The Hall–Kier alpha value is -3.10. The molecule has 0 unspecified atom stereocenters. The van der Waals surface area contributed by atoms with Gasteiger partial charge in [0.15, 0.2) is 9.84 Å². The van der Waals surface area contributed by atoms with Crippen molar-refractivity contribution in [2.24, 2.45) is 0 Å². The lowest BCUT2D eigenvalue weighted by molar-refractivity contribution is 0.251. The highest BCUT2D eigenvalue weighted by molar-refractivity contribution is 7.91. The van der Waals surface area contributed by atoms with E-state index in [9.17, 15) is 13.2 Å². The van der Waals surface area contributed by atoms with Gasteiger partial charge in [-0.1, -0.05) is 18.2 Å². The molecule has 0 saturated heterocycles. The minimum atomic E-state index is -3.47. The summed E-state index contributed by atoms with van der Waals surface area (Å²) in [6.07, 6.45) is 3.84. The van der Waals surface area contributed by atoms with E-state index in [1.807, 2.05) is 47.3 Å². The first-order chi connectivity index (χ1) is 13.5. The molecule has 28 heavy (non-hydrogen) atoms. The monoisotopic (exact) mass is 399 g/mol. The summed E-state index contributed by atoms with van der Waals surface area (Å²) >= 11 is 0. The van der Waals surface area contributed by atoms with Crippen LogP contribution in [0.1, 0.15) is 5.56 Å². The largest absolute Gasteiger partial charge is 0.395 e. The van der Waals surface area contributed by atoms with E-state index in [0.29, 0.717) is 5.69 Å². The van der Waals surface area contributed by atoms with Crippen LogP contribution in [0, 0.1) is 0 Å².